The first-order chi connectivity index (χ1) is 10.7. The molecule has 114 valence electrons. The van der Waals surface area contributed by atoms with Gasteiger partial charge in [0.2, 0.25) is 5.91 Å². The monoisotopic (exact) mass is 299 g/mol. The van der Waals surface area contributed by atoms with Gasteiger partial charge >= 0.3 is 0 Å². The summed E-state index contributed by atoms with van der Waals surface area (Å²) in [5.41, 5.74) is 1.38. The summed E-state index contributed by atoms with van der Waals surface area (Å²) >= 11 is 0. The maximum atomic E-state index is 13.6. The topological polar surface area (TPSA) is 45.2 Å². The number of hydrogen-bond acceptors (Lipinski definition) is 3. The molecule has 1 fully saturated rings. The third kappa shape index (κ3) is 3.24. The summed E-state index contributed by atoms with van der Waals surface area (Å²) < 4.78 is 13.6. The number of piperidine rings is 1. The van der Waals surface area contributed by atoms with Gasteiger partial charge in [0.1, 0.15) is 5.82 Å². The van der Waals surface area contributed by atoms with Crippen molar-refractivity contribution in [3.05, 3.63) is 54.6 Å². The second-order valence-corrected chi connectivity index (χ2v) is 5.44. The second kappa shape index (κ2) is 6.56. The number of halogens is 1. The van der Waals surface area contributed by atoms with Gasteiger partial charge in [0, 0.05) is 37.1 Å². The highest BCUT2D eigenvalue weighted by atomic mass is 19.1. The van der Waals surface area contributed by atoms with Crippen molar-refractivity contribution in [2.24, 2.45) is 5.92 Å². The highest BCUT2D eigenvalue weighted by molar-refractivity contribution is 5.92. The number of pyridine rings is 1. The van der Waals surface area contributed by atoms with Gasteiger partial charge in [-0.1, -0.05) is 12.1 Å². The minimum absolute atomic E-state index is 0.0716. The molecular formula is C17H18FN3O. The Morgan fingerprint density at radius 1 is 1.14 bits per heavy atom. The highest BCUT2D eigenvalue weighted by Gasteiger charge is 2.25. The van der Waals surface area contributed by atoms with E-state index < -0.39 is 5.82 Å². The van der Waals surface area contributed by atoms with E-state index in [4.69, 9.17) is 0 Å². The second-order valence-electron chi connectivity index (χ2n) is 5.44. The summed E-state index contributed by atoms with van der Waals surface area (Å²) in [5.74, 6) is -0.567. The maximum Gasteiger partial charge on any atom is 0.227 e. The van der Waals surface area contributed by atoms with E-state index in [1.165, 1.54) is 6.07 Å². The molecule has 1 N–H and O–H groups in total. The van der Waals surface area contributed by atoms with Crippen molar-refractivity contribution in [3.8, 4) is 0 Å². The van der Waals surface area contributed by atoms with Crippen LogP contribution in [0.25, 0.3) is 0 Å². The summed E-state index contributed by atoms with van der Waals surface area (Å²) in [5, 5.41) is 2.69. The minimum atomic E-state index is -0.398. The molecule has 0 atom stereocenters. The zero-order chi connectivity index (χ0) is 15.4. The van der Waals surface area contributed by atoms with Gasteiger partial charge in [-0.15, -0.1) is 0 Å². The zero-order valence-electron chi connectivity index (χ0n) is 12.2. The normalized spacial score (nSPS) is 15.6. The van der Waals surface area contributed by atoms with Crippen molar-refractivity contribution in [1.29, 1.82) is 0 Å². The van der Waals surface area contributed by atoms with Gasteiger partial charge in [-0.2, -0.15) is 0 Å². The predicted octanol–water partition coefficient (Wildman–Crippen LogP) is 3.08. The van der Waals surface area contributed by atoms with Crippen LogP contribution in [0.4, 0.5) is 15.8 Å². The fourth-order valence-corrected chi connectivity index (χ4v) is 2.75. The van der Waals surface area contributed by atoms with Gasteiger partial charge in [0.05, 0.1) is 5.69 Å². The van der Waals surface area contributed by atoms with E-state index in [1.54, 1.807) is 30.6 Å². The fraction of sp³-hybridized carbons (Fsp3) is 0.294. The lowest BCUT2D eigenvalue weighted by molar-refractivity contribution is -0.120. The van der Waals surface area contributed by atoms with Crippen molar-refractivity contribution in [1.82, 2.24) is 4.98 Å². The minimum Gasteiger partial charge on any atom is -0.371 e. The fourth-order valence-electron chi connectivity index (χ4n) is 2.75. The summed E-state index contributed by atoms with van der Waals surface area (Å²) in [6.07, 6.45) is 5.07. The number of benzene rings is 1. The van der Waals surface area contributed by atoms with Crippen molar-refractivity contribution >= 4 is 17.3 Å². The number of carbonyl (C=O) groups is 1. The Labute approximate surface area is 129 Å². The SMILES string of the molecule is O=C(Nc1ccccc1F)C1CCN(c2ccncc2)CC1. The van der Waals surface area contributed by atoms with Crippen LogP contribution in [0, 0.1) is 11.7 Å². The number of nitrogens with one attached hydrogen (secondary N) is 1. The number of hydrogen-bond donors (Lipinski definition) is 1. The van der Waals surface area contributed by atoms with Crippen molar-refractivity contribution in [2.45, 2.75) is 12.8 Å². The average molecular weight is 299 g/mol. The summed E-state index contributed by atoms with van der Waals surface area (Å²) in [7, 11) is 0. The maximum absolute atomic E-state index is 13.6. The molecule has 2 aromatic rings. The number of amides is 1. The Morgan fingerprint density at radius 3 is 2.50 bits per heavy atom. The molecule has 0 bridgehead atoms. The third-order valence-electron chi connectivity index (χ3n) is 4.03. The lowest BCUT2D eigenvalue weighted by Crippen LogP contribution is -2.38. The van der Waals surface area contributed by atoms with Crippen LogP contribution in [0.15, 0.2) is 48.8 Å². The Balaban J connectivity index is 1.57. The Bertz CT molecular complexity index is 639. The molecule has 3 rings (SSSR count). The molecule has 0 unspecified atom stereocenters. The molecule has 5 heteroatoms. The van der Waals surface area contributed by atoms with Crippen LogP contribution in [-0.4, -0.2) is 24.0 Å². The van der Waals surface area contributed by atoms with Crippen LogP contribution >= 0.6 is 0 Å². The van der Waals surface area contributed by atoms with Crippen LogP contribution in [0.1, 0.15) is 12.8 Å². The molecule has 4 nitrogen and oxygen atoms in total. The predicted molar refractivity (Wildman–Crippen MR) is 84.2 cm³/mol. The van der Waals surface area contributed by atoms with Crippen molar-refractivity contribution in [2.75, 3.05) is 23.3 Å². The number of para-hydroxylation sites is 1. The number of rotatable bonds is 3. The van der Waals surface area contributed by atoms with E-state index in [0.717, 1.165) is 31.6 Å². The number of anilines is 2. The van der Waals surface area contributed by atoms with Crippen LogP contribution in [-0.2, 0) is 4.79 Å². The molecule has 1 aromatic heterocycles. The van der Waals surface area contributed by atoms with E-state index >= 15 is 0 Å². The molecule has 1 aliphatic rings. The highest BCUT2D eigenvalue weighted by Crippen LogP contribution is 2.24. The number of carbonyl (C=O) groups excluding carboxylic acids is 1. The molecule has 1 saturated heterocycles. The quantitative estimate of drug-likeness (QED) is 0.947. The third-order valence-corrected chi connectivity index (χ3v) is 4.03. The Hall–Kier alpha value is -2.43. The van der Waals surface area contributed by atoms with Crippen LogP contribution < -0.4 is 10.2 Å². The Kier molecular flexibility index (Phi) is 4.32. The van der Waals surface area contributed by atoms with Crippen molar-refractivity contribution in [3.63, 3.8) is 0 Å². The lowest BCUT2D eigenvalue weighted by Gasteiger charge is -2.32. The van der Waals surface area contributed by atoms with Gasteiger partial charge in [-0.3, -0.25) is 9.78 Å². The first-order valence-corrected chi connectivity index (χ1v) is 7.44. The molecule has 2 heterocycles. The van der Waals surface area contributed by atoms with E-state index in [1.807, 2.05) is 12.1 Å². The number of nitrogens with zero attached hydrogens (tertiary/aromatic N) is 2. The van der Waals surface area contributed by atoms with E-state index in [9.17, 15) is 9.18 Å². The smallest absolute Gasteiger partial charge is 0.227 e. The van der Waals surface area contributed by atoms with E-state index in [-0.39, 0.29) is 17.5 Å². The van der Waals surface area contributed by atoms with Crippen LogP contribution in [0.3, 0.4) is 0 Å². The first-order valence-electron chi connectivity index (χ1n) is 7.44. The average Bonchev–Trinajstić information content (AvgIpc) is 2.58. The van der Waals surface area contributed by atoms with E-state index in [2.05, 4.69) is 15.2 Å². The summed E-state index contributed by atoms with van der Waals surface area (Å²) in [6.45, 7) is 1.64. The molecule has 1 aliphatic heterocycles. The standard InChI is InChI=1S/C17H18FN3O/c18-15-3-1-2-4-16(15)20-17(22)13-7-11-21(12-8-13)14-5-9-19-10-6-14/h1-6,9-10,13H,7-8,11-12H2,(H,20,22). The van der Waals surface area contributed by atoms with Crippen LogP contribution in [0.5, 0.6) is 0 Å². The molecule has 0 spiro atoms. The Morgan fingerprint density at radius 2 is 1.82 bits per heavy atom. The molecule has 0 aliphatic carbocycles. The molecule has 22 heavy (non-hydrogen) atoms. The first kappa shape index (κ1) is 14.5. The van der Waals surface area contributed by atoms with Gasteiger partial charge in [-0.25, -0.2) is 4.39 Å². The molecular weight excluding hydrogens is 281 g/mol. The largest absolute Gasteiger partial charge is 0.371 e. The molecule has 0 saturated carbocycles. The van der Waals surface area contributed by atoms with Gasteiger partial charge in [0.25, 0.3) is 0 Å². The van der Waals surface area contributed by atoms with E-state index in [0.29, 0.717) is 0 Å². The molecule has 1 amide bonds. The molecule has 0 radical (unpaired) electrons. The summed E-state index contributed by atoms with van der Waals surface area (Å²) in [4.78, 5) is 18.5. The zero-order valence-corrected chi connectivity index (χ0v) is 12.2. The van der Waals surface area contributed by atoms with Gasteiger partial charge < -0.3 is 10.2 Å². The van der Waals surface area contributed by atoms with Crippen LogP contribution in [0.2, 0.25) is 0 Å². The summed E-state index contributed by atoms with van der Waals surface area (Å²) in [6, 6.07) is 10.2. The lowest BCUT2D eigenvalue weighted by atomic mass is 9.95. The van der Waals surface area contributed by atoms with Gasteiger partial charge in [-0.05, 0) is 37.1 Å². The van der Waals surface area contributed by atoms with Gasteiger partial charge in [0.15, 0.2) is 0 Å². The number of aromatic nitrogens is 1. The van der Waals surface area contributed by atoms with Crippen molar-refractivity contribution < 1.29 is 9.18 Å². The molecule has 1 aromatic carbocycles.